The van der Waals surface area contributed by atoms with Crippen molar-refractivity contribution in [1.82, 2.24) is 15.0 Å². The summed E-state index contributed by atoms with van der Waals surface area (Å²) in [6.07, 6.45) is 0. The number of benzene rings is 3. The van der Waals surface area contributed by atoms with Gasteiger partial charge in [-0.15, -0.1) is 15.0 Å². The smallest absolute Gasteiger partial charge is 0.256 e. The molecule has 29 heavy (non-hydrogen) atoms. The molecule has 0 saturated heterocycles. The minimum atomic E-state index is -0.303. The second kappa shape index (κ2) is 8.25. The van der Waals surface area contributed by atoms with Gasteiger partial charge in [-0.1, -0.05) is 83.3 Å². The molecular formula is C21H13Cl3N4O. The Kier molecular flexibility index (Phi) is 5.53. The van der Waals surface area contributed by atoms with E-state index in [2.05, 4.69) is 15.5 Å². The molecule has 0 radical (unpaired) electrons. The zero-order valence-electron chi connectivity index (χ0n) is 14.8. The van der Waals surface area contributed by atoms with Crippen molar-refractivity contribution in [3.63, 3.8) is 0 Å². The summed E-state index contributed by atoms with van der Waals surface area (Å²) in [4.78, 5) is 14.0. The fourth-order valence-electron chi connectivity index (χ4n) is 2.78. The molecule has 8 heteroatoms. The lowest BCUT2D eigenvalue weighted by Gasteiger charge is -2.06. The fraction of sp³-hybridized carbons (Fsp3) is 0. The van der Waals surface area contributed by atoms with Crippen LogP contribution in [0, 0.1) is 0 Å². The molecule has 144 valence electrons. The van der Waals surface area contributed by atoms with Gasteiger partial charge in [0, 0.05) is 16.1 Å². The highest BCUT2D eigenvalue weighted by Gasteiger charge is 2.20. The summed E-state index contributed by atoms with van der Waals surface area (Å²) in [7, 11) is 0. The first kappa shape index (κ1) is 19.5. The molecule has 0 atom stereocenters. The summed E-state index contributed by atoms with van der Waals surface area (Å²) in [5.74, 6) is -0.0183. The SMILES string of the molecule is O=C(Nc1nn(-c2c(Cl)cc(Cl)cc2Cl)nc1-c1ccccc1)c1ccccc1. The highest BCUT2D eigenvalue weighted by molar-refractivity contribution is 6.40. The maximum Gasteiger partial charge on any atom is 0.256 e. The lowest BCUT2D eigenvalue weighted by atomic mass is 10.1. The molecule has 0 saturated carbocycles. The van der Waals surface area contributed by atoms with Crippen LogP contribution >= 0.6 is 34.8 Å². The number of aromatic nitrogens is 3. The number of nitrogens with zero attached hydrogens (tertiary/aromatic N) is 3. The molecule has 1 N–H and O–H groups in total. The Balaban J connectivity index is 1.81. The number of rotatable bonds is 4. The van der Waals surface area contributed by atoms with Gasteiger partial charge in [0.2, 0.25) is 0 Å². The number of carbonyl (C=O) groups excluding carboxylic acids is 1. The average Bonchev–Trinajstić information content (AvgIpc) is 3.11. The van der Waals surface area contributed by atoms with E-state index in [1.54, 1.807) is 36.4 Å². The van der Waals surface area contributed by atoms with E-state index < -0.39 is 0 Å². The van der Waals surface area contributed by atoms with Crippen molar-refractivity contribution in [2.45, 2.75) is 0 Å². The zero-order chi connectivity index (χ0) is 20.4. The van der Waals surface area contributed by atoms with Gasteiger partial charge in [0.05, 0.1) is 10.0 Å². The maximum atomic E-state index is 12.7. The number of halogens is 3. The lowest BCUT2D eigenvalue weighted by Crippen LogP contribution is -2.13. The van der Waals surface area contributed by atoms with Gasteiger partial charge in [-0.25, -0.2) is 0 Å². The van der Waals surface area contributed by atoms with E-state index in [4.69, 9.17) is 34.8 Å². The molecule has 0 fully saturated rings. The number of anilines is 1. The second-order valence-corrected chi connectivity index (χ2v) is 7.34. The Hall–Kier alpha value is -2.86. The van der Waals surface area contributed by atoms with E-state index in [0.29, 0.717) is 22.0 Å². The van der Waals surface area contributed by atoms with Crippen molar-refractivity contribution in [3.05, 3.63) is 93.4 Å². The quantitative estimate of drug-likeness (QED) is 0.412. The molecule has 5 nitrogen and oxygen atoms in total. The van der Waals surface area contributed by atoms with Crippen molar-refractivity contribution in [2.75, 3.05) is 5.32 Å². The summed E-state index contributed by atoms with van der Waals surface area (Å²) >= 11 is 18.6. The average molecular weight is 444 g/mol. The topological polar surface area (TPSA) is 59.8 Å². The monoisotopic (exact) mass is 442 g/mol. The van der Waals surface area contributed by atoms with Gasteiger partial charge in [0.15, 0.2) is 5.82 Å². The van der Waals surface area contributed by atoms with Crippen LogP contribution in [0.1, 0.15) is 10.4 Å². The third kappa shape index (κ3) is 4.12. The van der Waals surface area contributed by atoms with Gasteiger partial charge in [-0.3, -0.25) is 4.79 Å². The summed E-state index contributed by atoms with van der Waals surface area (Å²) in [6, 6.07) is 21.3. The van der Waals surface area contributed by atoms with Crippen molar-refractivity contribution in [3.8, 4) is 16.9 Å². The summed E-state index contributed by atoms with van der Waals surface area (Å²) in [5.41, 5.74) is 2.14. The van der Waals surface area contributed by atoms with Gasteiger partial charge < -0.3 is 5.32 Å². The molecule has 4 aromatic rings. The Morgan fingerprint density at radius 3 is 2.03 bits per heavy atom. The van der Waals surface area contributed by atoms with E-state index in [1.807, 2.05) is 36.4 Å². The van der Waals surface area contributed by atoms with Crippen molar-refractivity contribution in [2.24, 2.45) is 0 Å². The van der Waals surface area contributed by atoms with Crippen molar-refractivity contribution < 1.29 is 4.79 Å². The molecule has 0 spiro atoms. The molecule has 0 aliphatic rings. The zero-order valence-corrected chi connectivity index (χ0v) is 17.1. The van der Waals surface area contributed by atoms with Crippen LogP contribution in [-0.4, -0.2) is 20.9 Å². The van der Waals surface area contributed by atoms with Crippen LogP contribution in [-0.2, 0) is 0 Å². The van der Waals surface area contributed by atoms with E-state index in [1.165, 1.54) is 4.80 Å². The maximum absolute atomic E-state index is 12.7. The van der Waals surface area contributed by atoms with E-state index in [0.717, 1.165) is 5.56 Å². The van der Waals surface area contributed by atoms with Gasteiger partial charge in [0.25, 0.3) is 5.91 Å². The number of carbonyl (C=O) groups is 1. The largest absolute Gasteiger partial charge is 0.303 e. The molecule has 4 rings (SSSR count). The molecular weight excluding hydrogens is 431 g/mol. The predicted octanol–water partition coefficient (Wildman–Crippen LogP) is 6.15. The number of amides is 1. The normalized spacial score (nSPS) is 10.7. The standard InChI is InChI=1S/C21H13Cl3N4O/c22-15-11-16(23)19(17(24)12-15)28-26-18(13-7-3-1-4-8-13)20(27-28)25-21(29)14-9-5-2-6-10-14/h1-12H,(H,25,27,29). The van der Waals surface area contributed by atoms with Crippen LogP contribution in [0.5, 0.6) is 0 Å². The first-order chi connectivity index (χ1) is 14.0. The molecule has 0 aliphatic carbocycles. The van der Waals surface area contributed by atoms with Crippen LogP contribution < -0.4 is 5.32 Å². The van der Waals surface area contributed by atoms with Gasteiger partial charge in [0.1, 0.15) is 11.4 Å². The van der Waals surface area contributed by atoms with Crippen LogP contribution in [0.15, 0.2) is 72.8 Å². The molecule has 1 amide bonds. The third-order valence-electron chi connectivity index (χ3n) is 4.11. The molecule has 1 heterocycles. The van der Waals surface area contributed by atoms with Crippen LogP contribution in [0.3, 0.4) is 0 Å². The first-order valence-electron chi connectivity index (χ1n) is 8.57. The van der Waals surface area contributed by atoms with Crippen LogP contribution in [0.2, 0.25) is 15.1 Å². The van der Waals surface area contributed by atoms with E-state index in [9.17, 15) is 4.79 Å². The number of nitrogens with one attached hydrogen (secondary N) is 1. The third-order valence-corrected chi connectivity index (χ3v) is 4.90. The van der Waals surface area contributed by atoms with Gasteiger partial charge in [-0.2, -0.15) is 0 Å². The summed E-state index contributed by atoms with van der Waals surface area (Å²) in [6.45, 7) is 0. The second-order valence-electron chi connectivity index (χ2n) is 6.09. The highest BCUT2D eigenvalue weighted by atomic mass is 35.5. The molecule has 0 unspecified atom stereocenters. The Labute approximate surface area is 181 Å². The predicted molar refractivity (Wildman–Crippen MR) is 116 cm³/mol. The number of hydrogen-bond acceptors (Lipinski definition) is 3. The Morgan fingerprint density at radius 1 is 0.828 bits per heavy atom. The Morgan fingerprint density at radius 2 is 1.41 bits per heavy atom. The van der Waals surface area contributed by atoms with Crippen LogP contribution in [0.4, 0.5) is 5.82 Å². The van der Waals surface area contributed by atoms with E-state index in [-0.39, 0.29) is 21.8 Å². The molecule has 1 aromatic heterocycles. The minimum absolute atomic E-state index is 0.284. The molecule has 0 aliphatic heterocycles. The molecule has 3 aromatic carbocycles. The summed E-state index contributed by atoms with van der Waals surface area (Å²) in [5, 5.41) is 12.8. The highest BCUT2D eigenvalue weighted by Crippen LogP contribution is 2.33. The minimum Gasteiger partial charge on any atom is -0.303 e. The lowest BCUT2D eigenvalue weighted by molar-refractivity contribution is 0.102. The van der Waals surface area contributed by atoms with Gasteiger partial charge in [-0.05, 0) is 24.3 Å². The first-order valence-corrected chi connectivity index (χ1v) is 9.70. The van der Waals surface area contributed by atoms with Crippen LogP contribution in [0.25, 0.3) is 16.9 Å². The number of hydrogen-bond donors (Lipinski definition) is 1. The van der Waals surface area contributed by atoms with Crippen molar-refractivity contribution in [1.29, 1.82) is 0 Å². The van der Waals surface area contributed by atoms with Gasteiger partial charge >= 0.3 is 0 Å². The Bertz CT molecular complexity index is 1150. The molecule has 0 bridgehead atoms. The summed E-state index contributed by atoms with van der Waals surface area (Å²) < 4.78 is 0. The fourth-order valence-corrected chi connectivity index (χ4v) is 3.74. The van der Waals surface area contributed by atoms with Crippen molar-refractivity contribution >= 4 is 46.5 Å². The van der Waals surface area contributed by atoms with E-state index >= 15 is 0 Å².